The second kappa shape index (κ2) is 12.2. The highest BCUT2D eigenvalue weighted by Crippen LogP contribution is 2.12. The first-order valence-electron chi connectivity index (χ1n) is 10.3. The van der Waals surface area contributed by atoms with E-state index < -0.39 is 0 Å². The number of morpholine rings is 1. The summed E-state index contributed by atoms with van der Waals surface area (Å²) in [6.45, 7) is 3.32. The summed E-state index contributed by atoms with van der Waals surface area (Å²) in [4.78, 5) is 28.0. The predicted molar refractivity (Wildman–Crippen MR) is 119 cm³/mol. The average Bonchev–Trinajstić information content (AvgIpc) is 3.30. The number of ether oxygens (including phenoxy) is 1. The summed E-state index contributed by atoms with van der Waals surface area (Å²) in [7, 11) is 0. The number of rotatable bonds is 10. The third-order valence-electron chi connectivity index (χ3n) is 4.92. The fraction of sp³-hybridized carbons (Fsp3) is 0.409. The second-order valence-corrected chi connectivity index (χ2v) is 8.01. The molecule has 3 rings (SSSR count). The van der Waals surface area contributed by atoms with Crippen LogP contribution in [0.4, 0.5) is 0 Å². The molecule has 0 aliphatic carbocycles. The van der Waals surface area contributed by atoms with E-state index in [-0.39, 0.29) is 17.9 Å². The van der Waals surface area contributed by atoms with Crippen molar-refractivity contribution >= 4 is 29.4 Å². The molecule has 0 bridgehead atoms. The molecular formula is C22H28N4O3S. The number of nitrogens with zero attached hydrogens (tertiary/aromatic N) is 2. The Balaban J connectivity index is 1.45. The highest BCUT2D eigenvalue weighted by atomic mass is 32.1. The third kappa shape index (κ3) is 7.05. The number of amides is 2. The van der Waals surface area contributed by atoms with Crippen molar-refractivity contribution in [2.45, 2.75) is 25.3 Å². The normalized spacial score (nSPS) is 15.7. The summed E-state index contributed by atoms with van der Waals surface area (Å²) in [6.07, 6.45) is 4.02. The first kappa shape index (κ1) is 22.1. The van der Waals surface area contributed by atoms with Gasteiger partial charge in [0.1, 0.15) is 0 Å². The zero-order valence-corrected chi connectivity index (χ0v) is 17.8. The zero-order valence-electron chi connectivity index (χ0n) is 17.0. The van der Waals surface area contributed by atoms with E-state index >= 15 is 0 Å². The first-order chi connectivity index (χ1) is 14.7. The molecule has 0 radical (unpaired) electrons. The lowest BCUT2D eigenvalue weighted by Crippen LogP contribution is -2.50. The van der Waals surface area contributed by atoms with Crippen LogP contribution in [0, 0.1) is 0 Å². The van der Waals surface area contributed by atoms with Crippen LogP contribution in [-0.2, 0) is 9.53 Å². The molecule has 7 nitrogen and oxygen atoms in total. The van der Waals surface area contributed by atoms with Crippen LogP contribution in [0.15, 0.2) is 52.9 Å². The quantitative estimate of drug-likeness (QED) is 0.346. The smallest absolute Gasteiger partial charge is 0.257 e. The van der Waals surface area contributed by atoms with Crippen molar-refractivity contribution in [1.29, 1.82) is 0 Å². The van der Waals surface area contributed by atoms with Gasteiger partial charge in [-0.25, -0.2) is 5.43 Å². The van der Waals surface area contributed by atoms with Crippen molar-refractivity contribution in [3.8, 4) is 0 Å². The number of hydrogen-bond acceptors (Lipinski definition) is 6. The number of benzene rings is 1. The van der Waals surface area contributed by atoms with Gasteiger partial charge in [0.25, 0.3) is 11.8 Å². The summed E-state index contributed by atoms with van der Waals surface area (Å²) < 4.78 is 5.42. The number of nitrogens with one attached hydrogen (secondary N) is 2. The van der Waals surface area contributed by atoms with Gasteiger partial charge in [-0.3, -0.25) is 14.5 Å². The monoisotopic (exact) mass is 428 g/mol. The van der Waals surface area contributed by atoms with Crippen molar-refractivity contribution < 1.29 is 14.3 Å². The number of carbonyl (C=O) groups excluding carboxylic acids is 2. The van der Waals surface area contributed by atoms with E-state index in [0.717, 1.165) is 30.8 Å². The first-order valence-corrected chi connectivity index (χ1v) is 11.1. The van der Waals surface area contributed by atoms with E-state index in [0.29, 0.717) is 31.7 Å². The largest absolute Gasteiger partial charge is 0.379 e. The van der Waals surface area contributed by atoms with Gasteiger partial charge in [0.2, 0.25) is 0 Å². The van der Waals surface area contributed by atoms with Crippen molar-refractivity contribution in [3.63, 3.8) is 0 Å². The molecule has 1 fully saturated rings. The molecule has 1 unspecified atom stereocenters. The summed E-state index contributed by atoms with van der Waals surface area (Å²) >= 11 is 1.57. The van der Waals surface area contributed by atoms with Gasteiger partial charge in [0, 0.05) is 30.1 Å². The number of thiophene rings is 1. The van der Waals surface area contributed by atoms with Gasteiger partial charge in [-0.1, -0.05) is 24.3 Å². The summed E-state index contributed by atoms with van der Waals surface area (Å²) in [6, 6.07) is 12.8. The number of hydrazone groups is 1. The van der Waals surface area contributed by atoms with E-state index in [4.69, 9.17) is 4.74 Å². The van der Waals surface area contributed by atoms with Gasteiger partial charge in [-0.15, -0.1) is 11.3 Å². The third-order valence-corrected chi connectivity index (χ3v) is 5.73. The topological polar surface area (TPSA) is 83.0 Å². The van der Waals surface area contributed by atoms with Crippen molar-refractivity contribution in [1.82, 2.24) is 15.6 Å². The van der Waals surface area contributed by atoms with Crippen LogP contribution in [0.2, 0.25) is 0 Å². The van der Waals surface area contributed by atoms with Crippen molar-refractivity contribution in [2.75, 3.05) is 32.8 Å². The van der Waals surface area contributed by atoms with Crippen LogP contribution in [0.25, 0.3) is 0 Å². The Labute approximate surface area is 181 Å². The molecule has 2 amide bonds. The molecule has 1 aromatic heterocycles. The molecule has 2 N–H and O–H groups in total. The van der Waals surface area contributed by atoms with Crippen LogP contribution in [0.1, 0.15) is 34.5 Å². The predicted octanol–water partition coefficient (Wildman–Crippen LogP) is 2.50. The highest BCUT2D eigenvalue weighted by molar-refractivity contribution is 7.11. The fourth-order valence-corrected chi connectivity index (χ4v) is 3.91. The lowest BCUT2D eigenvalue weighted by atomic mass is 10.1. The number of carbonyl (C=O) groups is 2. The minimum atomic E-state index is -0.251. The Morgan fingerprint density at radius 2 is 1.93 bits per heavy atom. The standard InChI is InChI=1S/C22H28N4O3S/c27-21(18-7-2-1-3-8-18)23-11-5-4-10-20(26-12-14-29-15-13-26)22(28)25-24-17-19-9-6-16-30-19/h1-3,6-9,16-17,20H,4-5,10-15H2,(H,23,27)(H,25,28). The maximum atomic E-state index is 12.8. The summed E-state index contributed by atoms with van der Waals surface area (Å²) in [5, 5.41) is 9.01. The molecule has 0 spiro atoms. The van der Waals surface area contributed by atoms with E-state index in [2.05, 4.69) is 20.7 Å². The molecule has 8 heteroatoms. The Morgan fingerprint density at radius 3 is 2.67 bits per heavy atom. The summed E-state index contributed by atoms with van der Waals surface area (Å²) in [5.74, 6) is -0.168. The van der Waals surface area contributed by atoms with Gasteiger partial charge in [0.05, 0.1) is 25.5 Å². The SMILES string of the molecule is O=C(NCCCCC(C(=O)NN=Cc1cccs1)N1CCOCC1)c1ccccc1. The zero-order chi connectivity index (χ0) is 21.0. The number of hydrogen-bond donors (Lipinski definition) is 2. The van der Waals surface area contributed by atoms with Gasteiger partial charge in [-0.05, 0) is 42.8 Å². The fourth-order valence-electron chi connectivity index (χ4n) is 3.32. The minimum absolute atomic E-state index is 0.0685. The molecule has 2 heterocycles. The van der Waals surface area contributed by atoms with Gasteiger partial charge < -0.3 is 10.1 Å². The van der Waals surface area contributed by atoms with Crippen LogP contribution in [0.5, 0.6) is 0 Å². The Bertz CT molecular complexity index is 805. The lowest BCUT2D eigenvalue weighted by Gasteiger charge is -2.33. The molecule has 1 aromatic carbocycles. The van der Waals surface area contributed by atoms with E-state index in [1.807, 2.05) is 35.7 Å². The Morgan fingerprint density at radius 1 is 1.13 bits per heavy atom. The van der Waals surface area contributed by atoms with Gasteiger partial charge >= 0.3 is 0 Å². The molecule has 2 aromatic rings. The van der Waals surface area contributed by atoms with Crippen molar-refractivity contribution in [2.24, 2.45) is 5.10 Å². The Hall–Kier alpha value is -2.55. The van der Waals surface area contributed by atoms with Crippen molar-refractivity contribution in [3.05, 3.63) is 58.3 Å². The molecule has 1 atom stereocenters. The molecule has 1 aliphatic rings. The molecule has 0 saturated carbocycles. The molecule has 1 saturated heterocycles. The van der Waals surface area contributed by atoms with Crippen LogP contribution >= 0.6 is 11.3 Å². The number of unbranched alkanes of at least 4 members (excludes halogenated alkanes) is 1. The lowest BCUT2D eigenvalue weighted by molar-refractivity contribution is -0.128. The average molecular weight is 429 g/mol. The van der Waals surface area contributed by atoms with Crippen LogP contribution < -0.4 is 10.7 Å². The Kier molecular flexibility index (Phi) is 9.02. The molecular weight excluding hydrogens is 400 g/mol. The maximum absolute atomic E-state index is 12.8. The minimum Gasteiger partial charge on any atom is -0.379 e. The van der Waals surface area contributed by atoms with Gasteiger partial charge in [-0.2, -0.15) is 5.10 Å². The molecule has 30 heavy (non-hydrogen) atoms. The van der Waals surface area contributed by atoms with Gasteiger partial charge in [0.15, 0.2) is 0 Å². The highest BCUT2D eigenvalue weighted by Gasteiger charge is 2.26. The molecule has 1 aliphatic heterocycles. The second-order valence-electron chi connectivity index (χ2n) is 7.03. The van der Waals surface area contributed by atoms with E-state index in [1.54, 1.807) is 29.7 Å². The van der Waals surface area contributed by atoms with Crippen LogP contribution in [0.3, 0.4) is 0 Å². The van der Waals surface area contributed by atoms with E-state index in [9.17, 15) is 9.59 Å². The summed E-state index contributed by atoms with van der Waals surface area (Å²) in [5.41, 5.74) is 3.34. The van der Waals surface area contributed by atoms with E-state index in [1.165, 1.54) is 0 Å². The molecule has 160 valence electrons. The van der Waals surface area contributed by atoms with Crippen LogP contribution in [-0.4, -0.2) is 61.8 Å². The maximum Gasteiger partial charge on any atom is 0.257 e.